The summed E-state index contributed by atoms with van der Waals surface area (Å²) >= 11 is 0. The SMILES string of the molecule is [Au+].[Au+].[Cl-].[Cl-].c1ccc(P(CCCP(c2ccccc2)c2ccccc2)c2ccccc2)cc1.c1ccc(P(c2ccccc2)c2ccccc2)cc1.c1ccc(P(c2ccccc2)c2ccccc2)cc1. The van der Waals surface area contributed by atoms with Crippen LogP contribution in [0, 0.1) is 0 Å². The second-order valence-corrected chi connectivity index (χ2v) is 24.8. The summed E-state index contributed by atoms with van der Waals surface area (Å²) in [5, 5.41) is 14.3. The third-order valence-corrected chi connectivity index (χ3v) is 21.2. The maximum atomic E-state index is 2.30. The Morgan fingerprint density at radius 2 is 0.310 bits per heavy atom. The average molecular weight is 1400 g/mol. The molecule has 0 heterocycles. The van der Waals surface area contributed by atoms with E-state index in [0.717, 1.165) is 0 Å². The van der Waals surface area contributed by atoms with Gasteiger partial charge >= 0.3 is 44.8 Å². The molecule has 0 bridgehead atoms. The Hall–Kier alpha value is -4.02. The molecule has 0 nitrogen and oxygen atoms in total. The van der Waals surface area contributed by atoms with Crippen LogP contribution >= 0.6 is 31.7 Å². The molecule has 0 saturated heterocycles. The minimum absolute atomic E-state index is 0. The van der Waals surface area contributed by atoms with Crippen molar-refractivity contribution in [2.24, 2.45) is 0 Å². The van der Waals surface area contributed by atoms with E-state index in [4.69, 9.17) is 0 Å². The van der Waals surface area contributed by atoms with Gasteiger partial charge in [-0.3, -0.25) is 0 Å². The Morgan fingerprint density at radius 1 is 0.183 bits per heavy atom. The Kier molecular flexibility index (Phi) is 28.2. The van der Waals surface area contributed by atoms with Crippen LogP contribution in [-0.4, -0.2) is 12.3 Å². The first-order valence-corrected chi connectivity index (χ1v) is 28.7. The number of halogens is 2. The van der Waals surface area contributed by atoms with Crippen LogP contribution in [0.4, 0.5) is 0 Å². The summed E-state index contributed by atoms with van der Waals surface area (Å²) in [6.45, 7) is 0. The molecular weight excluding hydrogens is 1350 g/mol. The predicted molar refractivity (Wildman–Crippen MR) is 303 cm³/mol. The summed E-state index contributed by atoms with van der Waals surface area (Å²) in [5.74, 6) is 0. The molecule has 0 N–H and O–H groups in total. The van der Waals surface area contributed by atoms with E-state index in [1.54, 1.807) is 0 Å². The Balaban J connectivity index is 0.000000232. The number of rotatable bonds is 14. The fraction of sp³-hybridized carbons (Fsp3) is 0.0476. The number of hydrogen-bond acceptors (Lipinski definition) is 0. The van der Waals surface area contributed by atoms with E-state index in [1.165, 1.54) is 71.8 Å². The molecule has 0 aliphatic rings. The molecule has 0 saturated carbocycles. The molecule has 0 spiro atoms. The number of hydrogen-bond donors (Lipinski definition) is 0. The van der Waals surface area contributed by atoms with Gasteiger partial charge in [0.25, 0.3) is 0 Å². The van der Waals surface area contributed by atoms with Crippen LogP contribution in [0.3, 0.4) is 0 Å². The second-order valence-electron chi connectivity index (χ2n) is 15.7. The first-order valence-electron chi connectivity index (χ1n) is 23.0. The Morgan fingerprint density at radius 3 is 0.451 bits per heavy atom. The van der Waals surface area contributed by atoms with Gasteiger partial charge in [0.15, 0.2) is 0 Å². The van der Waals surface area contributed by atoms with E-state index in [9.17, 15) is 0 Å². The van der Waals surface area contributed by atoms with Crippen molar-refractivity contribution in [2.75, 3.05) is 12.3 Å². The van der Waals surface area contributed by atoms with Crippen LogP contribution in [0.2, 0.25) is 0 Å². The molecule has 0 fully saturated rings. The van der Waals surface area contributed by atoms with Crippen LogP contribution in [-0.2, 0) is 44.8 Å². The summed E-state index contributed by atoms with van der Waals surface area (Å²) in [7, 11) is -1.51. The van der Waals surface area contributed by atoms with Gasteiger partial charge < -0.3 is 24.8 Å². The van der Waals surface area contributed by atoms with Gasteiger partial charge in [-0.25, -0.2) is 0 Å². The molecule has 10 rings (SSSR count). The number of benzene rings is 10. The normalized spacial score (nSPS) is 10.2. The largest absolute Gasteiger partial charge is 1.00 e. The van der Waals surface area contributed by atoms with Gasteiger partial charge in [-0.05, 0) is 103 Å². The van der Waals surface area contributed by atoms with Crippen molar-refractivity contribution in [3.8, 4) is 0 Å². The molecule has 0 atom stereocenters. The third kappa shape index (κ3) is 18.2. The van der Waals surface area contributed by atoms with Gasteiger partial charge in [0, 0.05) is 0 Å². The first-order chi connectivity index (χ1) is 33.3. The fourth-order valence-electron chi connectivity index (χ4n) is 7.99. The van der Waals surface area contributed by atoms with Crippen LogP contribution in [0.5, 0.6) is 0 Å². The van der Waals surface area contributed by atoms with E-state index < -0.39 is 15.8 Å². The smallest absolute Gasteiger partial charge is 1.00 e. The third-order valence-electron chi connectivity index (χ3n) is 11.1. The van der Waals surface area contributed by atoms with Gasteiger partial charge in [-0.1, -0.05) is 303 Å². The molecular formula is C63H56Au2Cl2P4. The molecule has 10 aromatic carbocycles. The first kappa shape index (κ1) is 59.5. The predicted octanol–water partition coefficient (Wildman–Crippen LogP) is 6.53. The topological polar surface area (TPSA) is 0 Å². The van der Waals surface area contributed by atoms with Gasteiger partial charge in [0.05, 0.1) is 0 Å². The van der Waals surface area contributed by atoms with Gasteiger partial charge in [-0.15, -0.1) is 0 Å². The van der Waals surface area contributed by atoms with E-state index in [0.29, 0.717) is 0 Å². The zero-order chi connectivity index (χ0) is 45.6. The Labute approximate surface area is 472 Å². The summed E-state index contributed by atoms with van der Waals surface area (Å²) in [5.41, 5.74) is 0. The minimum Gasteiger partial charge on any atom is -1.00 e. The molecule has 8 heteroatoms. The quantitative estimate of drug-likeness (QED) is 0.0860. The molecule has 0 unspecified atom stereocenters. The summed E-state index contributed by atoms with van der Waals surface area (Å²) < 4.78 is 0. The van der Waals surface area contributed by atoms with E-state index >= 15 is 0 Å². The summed E-state index contributed by atoms with van der Waals surface area (Å²) in [6.07, 6.45) is 3.72. The van der Waals surface area contributed by atoms with Crippen LogP contribution in [0.1, 0.15) is 6.42 Å². The van der Waals surface area contributed by atoms with Crippen molar-refractivity contribution in [3.05, 3.63) is 303 Å². The average Bonchev–Trinajstić information content (AvgIpc) is 3.42. The minimum atomic E-state index is -0.446. The zero-order valence-corrected chi connectivity index (χ0v) is 48.6. The van der Waals surface area contributed by atoms with E-state index in [2.05, 4.69) is 303 Å². The van der Waals surface area contributed by atoms with Crippen molar-refractivity contribution in [1.82, 2.24) is 0 Å². The maximum absolute atomic E-state index is 2.30. The van der Waals surface area contributed by atoms with Crippen molar-refractivity contribution < 1.29 is 69.6 Å². The van der Waals surface area contributed by atoms with Gasteiger partial charge in [0.2, 0.25) is 0 Å². The van der Waals surface area contributed by atoms with Crippen molar-refractivity contribution >= 4 is 84.7 Å². The standard InChI is InChI=1S/C27H26P2.2C18H15P.2Au.2ClH/c1-5-14-24(15-6-1)28(25-16-7-2-8-17-25)22-13-23-29(26-18-9-3-10-19-26)27-20-11-4-12-21-27;2*1-4-10-16(11-5-1)19(17-12-6-2-7-13-17)18-14-8-3-9-15-18;;;;/h1-12,14-21H,13,22-23H2;2*1-15H;;;2*1H/q;;;2*+1;;/p-2. The fourth-order valence-corrected chi connectivity index (χ4v) is 17.6. The van der Waals surface area contributed by atoms with Gasteiger partial charge in [-0.2, -0.15) is 0 Å². The van der Waals surface area contributed by atoms with Crippen molar-refractivity contribution in [2.45, 2.75) is 6.42 Å². The van der Waals surface area contributed by atoms with Crippen LogP contribution in [0.25, 0.3) is 0 Å². The summed E-state index contributed by atoms with van der Waals surface area (Å²) in [6, 6.07) is 109. The van der Waals surface area contributed by atoms with Crippen LogP contribution in [0.15, 0.2) is 303 Å². The second kappa shape index (κ2) is 33.7. The van der Waals surface area contributed by atoms with Crippen molar-refractivity contribution in [1.29, 1.82) is 0 Å². The molecule has 0 aliphatic heterocycles. The van der Waals surface area contributed by atoms with Crippen molar-refractivity contribution in [3.63, 3.8) is 0 Å². The molecule has 0 aromatic heterocycles. The van der Waals surface area contributed by atoms with E-state index in [-0.39, 0.29) is 85.4 Å². The molecule has 364 valence electrons. The molecule has 0 radical (unpaired) electrons. The maximum Gasteiger partial charge on any atom is 1.00 e. The summed E-state index contributed by atoms with van der Waals surface area (Å²) in [4.78, 5) is 0. The zero-order valence-electron chi connectivity index (χ0n) is 39.1. The molecule has 71 heavy (non-hydrogen) atoms. The molecule has 0 aliphatic carbocycles. The molecule has 10 aromatic rings. The Bertz CT molecular complexity index is 2400. The van der Waals surface area contributed by atoms with E-state index in [1.807, 2.05) is 0 Å². The van der Waals surface area contributed by atoms with Gasteiger partial charge in [0.1, 0.15) is 0 Å². The monoisotopic (exact) mass is 1400 g/mol. The van der Waals surface area contributed by atoms with Crippen LogP contribution < -0.4 is 77.9 Å². The molecule has 0 amide bonds.